The highest BCUT2D eigenvalue weighted by atomic mass is 35.5. The van der Waals surface area contributed by atoms with Gasteiger partial charge in [-0.1, -0.05) is 13.8 Å². The zero-order chi connectivity index (χ0) is 17.5. The Morgan fingerprint density at radius 1 is 1.25 bits per heavy atom. The molecule has 1 amide bonds. The van der Waals surface area contributed by atoms with Gasteiger partial charge in [0.15, 0.2) is 0 Å². The molecule has 0 fully saturated rings. The molecule has 7 nitrogen and oxygen atoms in total. The summed E-state index contributed by atoms with van der Waals surface area (Å²) in [6.45, 7) is 4.44. The maximum absolute atomic E-state index is 12.4. The number of carbonyl (C=O) groups excluding carboxylic acids is 1. The summed E-state index contributed by atoms with van der Waals surface area (Å²) in [6.07, 6.45) is 0.641. The molecule has 0 aliphatic carbocycles. The number of benzene rings is 1. The Balaban J connectivity index is 0.00000529. The highest BCUT2D eigenvalue weighted by Crippen LogP contribution is 2.16. The molecule has 1 aromatic carbocycles. The second-order valence-electron chi connectivity index (χ2n) is 5.45. The van der Waals surface area contributed by atoms with E-state index in [1.54, 1.807) is 26.0 Å². The molecule has 0 aliphatic heterocycles. The largest absolute Gasteiger partial charge is 0.497 e. The van der Waals surface area contributed by atoms with Crippen molar-refractivity contribution in [3.63, 3.8) is 0 Å². The van der Waals surface area contributed by atoms with E-state index < -0.39 is 16.1 Å². The Hall–Kier alpha value is -1.35. The van der Waals surface area contributed by atoms with Crippen molar-refractivity contribution in [2.24, 2.45) is 11.7 Å². The molecule has 0 aromatic heterocycles. The monoisotopic (exact) mass is 379 g/mol. The molecule has 0 bridgehead atoms. The second kappa shape index (κ2) is 10.5. The van der Waals surface area contributed by atoms with Crippen molar-refractivity contribution < 1.29 is 17.9 Å². The molecule has 0 aliphatic rings. The normalized spacial score (nSPS) is 12.4. The molecule has 0 saturated carbocycles. The molecule has 1 rings (SSSR count). The number of methoxy groups -OCH3 is 1. The van der Waals surface area contributed by atoms with Gasteiger partial charge in [-0.05, 0) is 43.1 Å². The van der Waals surface area contributed by atoms with Crippen molar-refractivity contribution in [3.05, 3.63) is 24.3 Å². The maximum atomic E-state index is 12.4. The van der Waals surface area contributed by atoms with E-state index in [-0.39, 0.29) is 29.1 Å². The number of halogens is 1. The number of ether oxygens (including phenoxy) is 1. The number of nitrogens with two attached hydrogens (primary N) is 1. The van der Waals surface area contributed by atoms with Gasteiger partial charge < -0.3 is 15.8 Å². The highest BCUT2D eigenvalue weighted by molar-refractivity contribution is 7.89. The molecule has 24 heavy (non-hydrogen) atoms. The zero-order valence-electron chi connectivity index (χ0n) is 14.1. The first-order valence-electron chi connectivity index (χ1n) is 7.46. The standard InChI is InChI=1S/C15H25N3O4S.ClH/c1-11(2)14(15(19)17-10-4-9-16)18-23(20,21)13-7-5-12(22-3)6-8-13;/h5-8,11,14,18H,4,9-10,16H2,1-3H3,(H,17,19);1H. The van der Waals surface area contributed by atoms with Gasteiger partial charge in [-0.25, -0.2) is 8.42 Å². The third-order valence-electron chi connectivity index (χ3n) is 3.28. The minimum absolute atomic E-state index is 0. The van der Waals surface area contributed by atoms with Crippen LogP contribution in [0.3, 0.4) is 0 Å². The van der Waals surface area contributed by atoms with Gasteiger partial charge in [0.25, 0.3) is 0 Å². The third kappa shape index (κ3) is 6.64. The smallest absolute Gasteiger partial charge is 0.241 e. The summed E-state index contributed by atoms with van der Waals surface area (Å²) < 4.78 is 32.3. The number of hydrogen-bond donors (Lipinski definition) is 3. The fourth-order valence-corrected chi connectivity index (χ4v) is 3.25. The molecule has 9 heteroatoms. The number of amides is 1. The number of sulfonamides is 1. The van der Waals surface area contributed by atoms with E-state index in [9.17, 15) is 13.2 Å². The Kier molecular flexibility index (Phi) is 9.91. The summed E-state index contributed by atoms with van der Waals surface area (Å²) in [5.41, 5.74) is 5.38. The number of nitrogens with one attached hydrogen (secondary N) is 2. The van der Waals surface area contributed by atoms with Crippen LogP contribution in [-0.2, 0) is 14.8 Å². The summed E-state index contributed by atoms with van der Waals surface area (Å²) in [4.78, 5) is 12.3. The van der Waals surface area contributed by atoms with Crippen molar-refractivity contribution in [1.29, 1.82) is 0 Å². The van der Waals surface area contributed by atoms with E-state index in [4.69, 9.17) is 10.5 Å². The van der Waals surface area contributed by atoms with E-state index >= 15 is 0 Å². The Morgan fingerprint density at radius 3 is 2.29 bits per heavy atom. The van der Waals surface area contributed by atoms with Crippen LogP contribution >= 0.6 is 12.4 Å². The Bertz CT molecular complexity index is 606. The summed E-state index contributed by atoms with van der Waals surface area (Å²) in [5, 5.41) is 2.69. The van der Waals surface area contributed by atoms with Gasteiger partial charge >= 0.3 is 0 Å². The molecular weight excluding hydrogens is 354 g/mol. The van der Waals surface area contributed by atoms with E-state index in [1.807, 2.05) is 0 Å². The van der Waals surface area contributed by atoms with E-state index in [0.29, 0.717) is 25.3 Å². The van der Waals surface area contributed by atoms with Crippen LogP contribution in [0.2, 0.25) is 0 Å². The van der Waals surface area contributed by atoms with Gasteiger partial charge in [0, 0.05) is 6.54 Å². The first kappa shape index (κ1) is 22.6. The van der Waals surface area contributed by atoms with Crippen molar-refractivity contribution in [1.82, 2.24) is 10.0 Å². The van der Waals surface area contributed by atoms with Crippen LogP contribution in [0.25, 0.3) is 0 Å². The predicted molar refractivity (Wildman–Crippen MR) is 95.9 cm³/mol. The van der Waals surface area contributed by atoms with Gasteiger partial charge in [0.2, 0.25) is 15.9 Å². The lowest BCUT2D eigenvalue weighted by Gasteiger charge is -2.21. The Morgan fingerprint density at radius 2 is 1.83 bits per heavy atom. The van der Waals surface area contributed by atoms with Crippen LogP contribution in [0.15, 0.2) is 29.2 Å². The fraction of sp³-hybridized carbons (Fsp3) is 0.533. The van der Waals surface area contributed by atoms with E-state index in [1.165, 1.54) is 19.2 Å². The molecule has 1 atom stereocenters. The van der Waals surface area contributed by atoms with Crippen LogP contribution in [-0.4, -0.2) is 40.6 Å². The second-order valence-corrected chi connectivity index (χ2v) is 7.17. The molecule has 138 valence electrons. The van der Waals surface area contributed by atoms with Gasteiger partial charge in [0.05, 0.1) is 12.0 Å². The van der Waals surface area contributed by atoms with Gasteiger partial charge in [-0.15, -0.1) is 12.4 Å². The topological polar surface area (TPSA) is 111 Å². The molecule has 0 heterocycles. The summed E-state index contributed by atoms with van der Waals surface area (Å²) in [5.74, 6) is 0.00956. The molecule has 1 unspecified atom stereocenters. The van der Waals surface area contributed by atoms with Crippen LogP contribution in [0.1, 0.15) is 20.3 Å². The molecule has 4 N–H and O–H groups in total. The van der Waals surface area contributed by atoms with Crippen LogP contribution in [0.4, 0.5) is 0 Å². The van der Waals surface area contributed by atoms with Crippen LogP contribution in [0.5, 0.6) is 5.75 Å². The lowest BCUT2D eigenvalue weighted by molar-refractivity contribution is -0.123. The van der Waals surface area contributed by atoms with Crippen LogP contribution < -0.4 is 20.5 Å². The maximum Gasteiger partial charge on any atom is 0.241 e. The third-order valence-corrected chi connectivity index (χ3v) is 4.74. The first-order chi connectivity index (χ1) is 10.8. The minimum Gasteiger partial charge on any atom is -0.497 e. The van der Waals surface area contributed by atoms with Crippen LogP contribution in [0, 0.1) is 5.92 Å². The number of carbonyl (C=O) groups is 1. The van der Waals surface area contributed by atoms with Crippen molar-refractivity contribution >= 4 is 28.3 Å². The summed E-state index contributed by atoms with van der Waals surface area (Å²) in [7, 11) is -2.29. The van der Waals surface area contributed by atoms with E-state index in [0.717, 1.165) is 0 Å². The zero-order valence-corrected chi connectivity index (χ0v) is 15.7. The molecular formula is C15H26ClN3O4S. The summed E-state index contributed by atoms with van der Waals surface area (Å²) >= 11 is 0. The average Bonchev–Trinajstić information content (AvgIpc) is 2.52. The first-order valence-corrected chi connectivity index (χ1v) is 8.94. The van der Waals surface area contributed by atoms with Crippen molar-refractivity contribution in [2.45, 2.75) is 31.2 Å². The van der Waals surface area contributed by atoms with E-state index in [2.05, 4.69) is 10.0 Å². The molecule has 1 aromatic rings. The number of hydrogen-bond acceptors (Lipinski definition) is 5. The van der Waals surface area contributed by atoms with Gasteiger partial charge in [-0.2, -0.15) is 4.72 Å². The number of rotatable bonds is 9. The average molecular weight is 380 g/mol. The van der Waals surface area contributed by atoms with Crippen molar-refractivity contribution in [3.8, 4) is 5.75 Å². The predicted octanol–water partition coefficient (Wildman–Crippen LogP) is 0.885. The molecule has 0 radical (unpaired) electrons. The minimum atomic E-state index is -3.80. The van der Waals surface area contributed by atoms with Crippen molar-refractivity contribution in [2.75, 3.05) is 20.2 Å². The quantitative estimate of drug-likeness (QED) is 0.552. The highest BCUT2D eigenvalue weighted by Gasteiger charge is 2.28. The lowest BCUT2D eigenvalue weighted by Crippen LogP contribution is -2.49. The SMILES string of the molecule is COc1ccc(S(=O)(=O)NC(C(=O)NCCCN)C(C)C)cc1.Cl. The molecule has 0 spiro atoms. The fourth-order valence-electron chi connectivity index (χ4n) is 1.91. The lowest BCUT2D eigenvalue weighted by atomic mass is 10.1. The Labute approximate surface area is 149 Å². The summed E-state index contributed by atoms with van der Waals surface area (Å²) in [6, 6.07) is 5.14. The van der Waals surface area contributed by atoms with Gasteiger partial charge in [0.1, 0.15) is 11.8 Å². The molecule has 0 saturated heterocycles. The van der Waals surface area contributed by atoms with Gasteiger partial charge in [-0.3, -0.25) is 4.79 Å².